The molecule has 0 spiro atoms. The molecule has 0 atom stereocenters. The zero-order valence-electron chi connectivity index (χ0n) is 20.5. The molecule has 0 saturated carbocycles. The van der Waals surface area contributed by atoms with Crippen LogP contribution in [0.1, 0.15) is 31.3 Å². The molecule has 2 aromatic carbocycles. The molecule has 194 valence electrons. The van der Waals surface area contributed by atoms with Crippen molar-refractivity contribution in [2.45, 2.75) is 41.0 Å². The quantitative estimate of drug-likeness (QED) is 0.320. The molecule has 0 amide bonds. The first kappa shape index (κ1) is 32.2. The van der Waals surface area contributed by atoms with Gasteiger partial charge >= 0.3 is 12.3 Å². The lowest BCUT2D eigenvalue weighted by Crippen LogP contribution is -2.16. The molecule has 0 aliphatic heterocycles. The highest BCUT2D eigenvalue weighted by Crippen LogP contribution is 2.35. The third-order valence-corrected chi connectivity index (χ3v) is 5.56. The zero-order valence-corrected chi connectivity index (χ0v) is 22.9. The maximum atomic E-state index is 12.0. The van der Waals surface area contributed by atoms with Gasteiger partial charge in [0.1, 0.15) is 21.9 Å². The van der Waals surface area contributed by atoms with Gasteiger partial charge in [0.15, 0.2) is 0 Å². The first-order valence-electron chi connectivity index (χ1n) is 10.2. The molecule has 3 rings (SSSR count). The molecule has 0 aliphatic carbocycles. The number of aromatic hydroxyl groups is 1. The molecule has 1 heterocycles. The highest BCUT2D eigenvalue weighted by Gasteiger charge is 2.31. The van der Waals surface area contributed by atoms with Gasteiger partial charge in [-0.3, -0.25) is 4.79 Å². The Bertz CT molecular complexity index is 1040. The number of phenolic OH excluding ortho intramolecular Hbond substituents is 1. The number of carbonyl (C=O) groups is 1. The van der Waals surface area contributed by atoms with Crippen molar-refractivity contribution < 1.29 is 37.3 Å². The Labute approximate surface area is 215 Å². The fourth-order valence-corrected chi connectivity index (χ4v) is 3.92. The summed E-state index contributed by atoms with van der Waals surface area (Å²) < 4.78 is 49.6. The summed E-state index contributed by atoms with van der Waals surface area (Å²) in [5, 5.41) is 9.86. The smallest absolute Gasteiger partial charge is 0.508 e. The molecule has 3 aromatic rings. The molecule has 0 fully saturated rings. The van der Waals surface area contributed by atoms with E-state index in [2.05, 4.69) is 30.4 Å². The number of aromatic nitrogens is 1. The van der Waals surface area contributed by atoms with Crippen LogP contribution >= 0.6 is 27.3 Å². The summed E-state index contributed by atoms with van der Waals surface area (Å²) in [7, 11) is 2.96. The largest absolute Gasteiger partial charge is 0.573 e. The highest BCUT2D eigenvalue weighted by atomic mass is 79.9. The summed E-state index contributed by atoms with van der Waals surface area (Å²) in [6.45, 7) is 9.11. The zero-order chi connectivity index (χ0) is 27.2. The van der Waals surface area contributed by atoms with Crippen LogP contribution < -0.4 is 9.47 Å². The van der Waals surface area contributed by atoms with Gasteiger partial charge in [-0.15, -0.1) is 24.5 Å². The number of aryl methyl sites for hydroxylation is 2. The number of benzene rings is 2. The second-order valence-corrected chi connectivity index (χ2v) is 8.23. The van der Waals surface area contributed by atoms with E-state index in [4.69, 9.17) is 9.84 Å². The second-order valence-electron chi connectivity index (χ2n) is 6.27. The van der Waals surface area contributed by atoms with Crippen molar-refractivity contribution in [1.82, 2.24) is 4.98 Å². The molecule has 35 heavy (non-hydrogen) atoms. The molecule has 0 unspecified atom stereocenters. The molecule has 0 bridgehead atoms. The van der Waals surface area contributed by atoms with Crippen LogP contribution in [-0.4, -0.2) is 36.6 Å². The van der Waals surface area contributed by atoms with E-state index in [1.165, 1.54) is 37.5 Å². The predicted molar refractivity (Wildman–Crippen MR) is 135 cm³/mol. The lowest BCUT2D eigenvalue weighted by molar-refractivity contribution is -0.274. The molecule has 0 aliphatic rings. The van der Waals surface area contributed by atoms with E-state index in [1.807, 2.05) is 27.7 Å². The summed E-state index contributed by atoms with van der Waals surface area (Å²) in [5.41, 5.74) is 1.74. The Hall–Kier alpha value is -2.79. The monoisotopic (exact) mass is 579 g/mol. The van der Waals surface area contributed by atoms with Crippen LogP contribution in [0.2, 0.25) is 0 Å². The van der Waals surface area contributed by atoms with Crippen molar-refractivity contribution in [3.05, 3.63) is 57.6 Å². The Kier molecular flexibility index (Phi) is 14.7. The summed E-state index contributed by atoms with van der Waals surface area (Å²) in [4.78, 5) is 14.7. The summed E-state index contributed by atoms with van der Waals surface area (Å²) in [6, 6.07) is 10.7. The first-order valence-corrected chi connectivity index (χ1v) is 11.8. The van der Waals surface area contributed by atoms with Crippen LogP contribution in [0, 0.1) is 13.8 Å². The van der Waals surface area contributed by atoms with Crippen molar-refractivity contribution in [1.29, 1.82) is 0 Å². The summed E-state index contributed by atoms with van der Waals surface area (Å²) in [6.07, 6.45) is -4.66. The molecule has 0 saturated heterocycles. The minimum atomic E-state index is -4.66. The Balaban J connectivity index is 0.000000572. The maximum Gasteiger partial charge on any atom is 0.573 e. The fourth-order valence-electron chi connectivity index (χ4n) is 2.25. The fraction of sp³-hybridized carbons (Fsp3) is 0.333. The number of carbonyl (C=O) groups excluding carboxylic acids is 1. The Morgan fingerprint density at radius 2 is 1.60 bits per heavy atom. The van der Waals surface area contributed by atoms with Crippen molar-refractivity contribution in [2.24, 2.45) is 0 Å². The van der Waals surface area contributed by atoms with E-state index < -0.39 is 6.36 Å². The number of nitrogens with zero attached hydrogens (tertiary/aromatic N) is 1. The van der Waals surface area contributed by atoms with Gasteiger partial charge in [-0.1, -0.05) is 13.8 Å². The number of phenols is 1. The normalized spacial score (nSPS) is 9.80. The number of hydrogen-bond acceptors (Lipinski definition) is 7. The SMILES string of the molecule is CC.COC(C)=O.COc1ccc(O)cc1C.Cc1nc(Br)c(-c2ccc(OC(F)(F)F)cc2)s1. The first-order chi connectivity index (χ1) is 16.4. The van der Waals surface area contributed by atoms with Gasteiger partial charge in [0, 0.05) is 6.92 Å². The number of thiazole rings is 1. The van der Waals surface area contributed by atoms with Crippen molar-refractivity contribution >= 4 is 33.2 Å². The molecule has 0 radical (unpaired) electrons. The molecular formula is C24H29BrF3NO5S. The minimum Gasteiger partial charge on any atom is -0.508 e. The number of ether oxygens (including phenoxy) is 3. The van der Waals surface area contributed by atoms with Crippen LogP contribution in [0.3, 0.4) is 0 Å². The summed E-state index contributed by atoms with van der Waals surface area (Å²) >= 11 is 4.77. The third kappa shape index (κ3) is 13.0. The molecule has 11 heteroatoms. The van der Waals surface area contributed by atoms with Gasteiger partial charge in [0.25, 0.3) is 0 Å². The van der Waals surface area contributed by atoms with Crippen LogP contribution in [-0.2, 0) is 9.53 Å². The number of alkyl halides is 3. The van der Waals surface area contributed by atoms with E-state index in [0.717, 1.165) is 26.8 Å². The van der Waals surface area contributed by atoms with Gasteiger partial charge in [-0.2, -0.15) is 0 Å². The van der Waals surface area contributed by atoms with E-state index in [-0.39, 0.29) is 17.5 Å². The predicted octanol–water partition coefficient (Wildman–Crippen LogP) is 7.69. The van der Waals surface area contributed by atoms with Gasteiger partial charge < -0.3 is 19.3 Å². The lowest BCUT2D eigenvalue weighted by atomic mass is 10.2. The standard InChI is InChI=1S/C11H7BrF3NOS.C8H10O2.C3H6O2.C2H6/c1-6-16-10(12)9(18-6)7-2-4-8(5-3-7)17-11(13,14)15;1-6-5-7(9)3-4-8(6)10-2;1-3(4)5-2;1-2/h2-5H,1H3;3-5,9H,1-2H3;1-2H3;1-2H3. The Morgan fingerprint density at radius 1 is 1.06 bits per heavy atom. The number of rotatable bonds is 3. The third-order valence-electron chi connectivity index (χ3n) is 3.71. The maximum absolute atomic E-state index is 12.0. The highest BCUT2D eigenvalue weighted by molar-refractivity contribution is 9.10. The minimum absolute atomic E-state index is 0.233. The topological polar surface area (TPSA) is 77.9 Å². The molecule has 1 aromatic heterocycles. The number of halogens is 4. The van der Waals surface area contributed by atoms with Gasteiger partial charge in [-0.25, -0.2) is 4.98 Å². The van der Waals surface area contributed by atoms with E-state index in [9.17, 15) is 18.0 Å². The van der Waals surface area contributed by atoms with Crippen molar-refractivity contribution in [3.63, 3.8) is 0 Å². The number of esters is 1. The van der Waals surface area contributed by atoms with Gasteiger partial charge in [0.05, 0.1) is 24.1 Å². The molecule has 6 nitrogen and oxygen atoms in total. The van der Waals surface area contributed by atoms with Gasteiger partial charge in [0.2, 0.25) is 0 Å². The average Bonchev–Trinajstić information content (AvgIpc) is 3.13. The summed E-state index contributed by atoms with van der Waals surface area (Å²) in [5.74, 6) is 0.602. The van der Waals surface area contributed by atoms with Crippen LogP contribution in [0.5, 0.6) is 17.2 Å². The van der Waals surface area contributed by atoms with Crippen molar-refractivity contribution in [3.8, 4) is 27.7 Å². The van der Waals surface area contributed by atoms with E-state index in [0.29, 0.717) is 4.60 Å². The Morgan fingerprint density at radius 3 is 1.97 bits per heavy atom. The number of methoxy groups -OCH3 is 2. The van der Waals surface area contributed by atoms with Crippen LogP contribution in [0.4, 0.5) is 13.2 Å². The second kappa shape index (κ2) is 16.0. The molecule has 1 N–H and O–H groups in total. The van der Waals surface area contributed by atoms with E-state index in [1.54, 1.807) is 37.4 Å². The average molecular weight is 580 g/mol. The van der Waals surface area contributed by atoms with E-state index >= 15 is 0 Å². The molecular weight excluding hydrogens is 551 g/mol. The van der Waals surface area contributed by atoms with Crippen LogP contribution in [0.15, 0.2) is 47.1 Å². The number of hydrogen-bond donors (Lipinski definition) is 1. The lowest BCUT2D eigenvalue weighted by Gasteiger charge is -2.08. The van der Waals surface area contributed by atoms with Crippen molar-refractivity contribution in [2.75, 3.05) is 14.2 Å². The van der Waals surface area contributed by atoms with Gasteiger partial charge in [-0.05, 0) is 83.4 Å². The van der Waals surface area contributed by atoms with Crippen LogP contribution in [0.25, 0.3) is 10.4 Å².